The molecule has 7 nitrogen and oxygen atoms in total. The summed E-state index contributed by atoms with van der Waals surface area (Å²) in [6.45, 7) is 2.02. The van der Waals surface area contributed by atoms with E-state index >= 15 is 0 Å². The first kappa shape index (κ1) is 17.6. The first-order valence-corrected chi connectivity index (χ1v) is 9.81. The number of nitrogens with zero attached hydrogens (tertiary/aromatic N) is 6. The molecule has 3 aromatic heterocycles. The average Bonchev–Trinajstić information content (AvgIpc) is 3.21. The first-order chi connectivity index (χ1) is 14.1. The van der Waals surface area contributed by atoms with E-state index < -0.39 is 0 Å². The lowest BCUT2D eigenvalue weighted by atomic mass is 9.91. The second kappa shape index (κ2) is 6.84. The zero-order valence-electron chi connectivity index (χ0n) is 16.8. The molecule has 1 aromatic carbocycles. The molecule has 0 aliphatic heterocycles. The van der Waals surface area contributed by atoms with Crippen molar-refractivity contribution in [2.75, 3.05) is 5.32 Å². The van der Waals surface area contributed by atoms with Crippen LogP contribution in [0, 0.1) is 6.92 Å². The van der Waals surface area contributed by atoms with Gasteiger partial charge in [0, 0.05) is 44.0 Å². The van der Waals surface area contributed by atoms with Gasteiger partial charge < -0.3 is 5.32 Å². The van der Waals surface area contributed by atoms with Gasteiger partial charge in [-0.05, 0) is 30.9 Å². The van der Waals surface area contributed by atoms with Gasteiger partial charge in [0.1, 0.15) is 0 Å². The Kier molecular flexibility index (Phi) is 4.16. The summed E-state index contributed by atoms with van der Waals surface area (Å²) in [6, 6.07) is 12.5. The van der Waals surface area contributed by atoms with Crippen LogP contribution in [-0.4, -0.2) is 29.5 Å². The van der Waals surface area contributed by atoms with Crippen LogP contribution in [0.25, 0.3) is 11.3 Å². The Morgan fingerprint density at radius 3 is 2.62 bits per heavy atom. The van der Waals surface area contributed by atoms with Gasteiger partial charge in [0.2, 0.25) is 5.95 Å². The Balaban J connectivity index is 1.55. The Labute approximate surface area is 169 Å². The monoisotopic (exact) mass is 385 g/mol. The van der Waals surface area contributed by atoms with Gasteiger partial charge in [-0.15, -0.1) is 0 Å². The van der Waals surface area contributed by atoms with Crippen LogP contribution in [0.4, 0.5) is 11.8 Å². The van der Waals surface area contributed by atoms with Crippen LogP contribution in [0.1, 0.15) is 28.2 Å². The predicted octanol–water partition coefficient (Wildman–Crippen LogP) is 3.35. The molecule has 0 fully saturated rings. The number of aromatic nitrogens is 6. The molecule has 29 heavy (non-hydrogen) atoms. The third kappa shape index (κ3) is 3.18. The second-order valence-electron chi connectivity index (χ2n) is 7.54. The Bertz CT molecular complexity index is 1170. The van der Waals surface area contributed by atoms with Crippen molar-refractivity contribution in [3.8, 4) is 11.3 Å². The molecule has 7 heteroatoms. The molecule has 0 saturated carbocycles. The van der Waals surface area contributed by atoms with E-state index in [1.54, 1.807) is 0 Å². The fourth-order valence-corrected chi connectivity index (χ4v) is 3.92. The van der Waals surface area contributed by atoms with E-state index in [0.717, 1.165) is 47.7 Å². The molecule has 146 valence electrons. The zero-order chi connectivity index (χ0) is 20.0. The maximum atomic E-state index is 4.88. The molecule has 3 heterocycles. The summed E-state index contributed by atoms with van der Waals surface area (Å²) in [7, 11) is 3.94. The molecule has 0 unspecified atom stereocenters. The fraction of sp³-hybridized carbons (Fsp3) is 0.273. The predicted molar refractivity (Wildman–Crippen MR) is 112 cm³/mol. The van der Waals surface area contributed by atoms with Crippen LogP contribution >= 0.6 is 0 Å². The number of anilines is 2. The van der Waals surface area contributed by atoms with Crippen molar-refractivity contribution in [3.63, 3.8) is 0 Å². The minimum absolute atomic E-state index is 0.559. The lowest BCUT2D eigenvalue weighted by molar-refractivity contribution is 0.705. The van der Waals surface area contributed by atoms with E-state index in [2.05, 4.69) is 39.7 Å². The normalized spacial score (nSPS) is 12.5. The van der Waals surface area contributed by atoms with Crippen molar-refractivity contribution >= 4 is 11.8 Å². The van der Waals surface area contributed by atoms with Gasteiger partial charge in [-0.2, -0.15) is 10.2 Å². The number of hydrogen-bond donors (Lipinski definition) is 1. The lowest BCUT2D eigenvalue weighted by Gasteiger charge is -2.16. The number of aryl methyl sites for hydroxylation is 5. The molecule has 0 bridgehead atoms. The zero-order valence-corrected chi connectivity index (χ0v) is 16.8. The van der Waals surface area contributed by atoms with Crippen molar-refractivity contribution in [2.24, 2.45) is 14.1 Å². The van der Waals surface area contributed by atoms with Crippen LogP contribution < -0.4 is 5.32 Å². The summed E-state index contributed by atoms with van der Waals surface area (Å²) in [5.74, 6) is 1.31. The lowest BCUT2D eigenvalue weighted by Crippen LogP contribution is -2.09. The summed E-state index contributed by atoms with van der Waals surface area (Å²) in [5, 5.41) is 12.5. The van der Waals surface area contributed by atoms with Crippen LogP contribution in [0.2, 0.25) is 0 Å². The van der Waals surface area contributed by atoms with Crippen LogP contribution in [-0.2, 0) is 33.4 Å². The molecular formula is C22H23N7. The maximum Gasteiger partial charge on any atom is 0.228 e. The van der Waals surface area contributed by atoms with Gasteiger partial charge in [0.15, 0.2) is 5.82 Å². The van der Waals surface area contributed by atoms with Gasteiger partial charge in [0.05, 0.1) is 17.1 Å². The van der Waals surface area contributed by atoms with Crippen molar-refractivity contribution in [1.29, 1.82) is 0 Å². The van der Waals surface area contributed by atoms with Crippen LogP contribution in [0.5, 0.6) is 0 Å². The fourth-order valence-electron chi connectivity index (χ4n) is 3.92. The highest BCUT2D eigenvalue weighted by molar-refractivity contribution is 5.72. The minimum Gasteiger partial charge on any atom is -0.307 e. The van der Waals surface area contributed by atoms with Crippen molar-refractivity contribution < 1.29 is 0 Å². The van der Waals surface area contributed by atoms with Crippen LogP contribution in [0.15, 0.2) is 42.6 Å². The first-order valence-electron chi connectivity index (χ1n) is 9.81. The highest BCUT2D eigenvalue weighted by Gasteiger charge is 2.26. The highest BCUT2D eigenvalue weighted by Crippen LogP contribution is 2.35. The summed E-state index contributed by atoms with van der Waals surface area (Å²) in [6.07, 6.45) is 4.58. The van der Waals surface area contributed by atoms with Gasteiger partial charge >= 0.3 is 0 Å². The quantitative estimate of drug-likeness (QED) is 0.583. The summed E-state index contributed by atoms with van der Waals surface area (Å²) >= 11 is 0. The van der Waals surface area contributed by atoms with E-state index in [-0.39, 0.29) is 0 Å². The molecule has 1 aliphatic rings. The molecule has 5 rings (SSSR count). The molecule has 0 spiro atoms. The van der Waals surface area contributed by atoms with Gasteiger partial charge in [0.25, 0.3) is 0 Å². The minimum atomic E-state index is 0.559. The van der Waals surface area contributed by atoms with Crippen molar-refractivity contribution in [3.05, 3.63) is 70.8 Å². The SMILES string of the molecule is Cc1cc(Nc2ncc3c(n2)-c2c(nn(C)c2Cc2ccccc2)CC3)nn1C. The maximum absolute atomic E-state index is 4.88. The third-order valence-electron chi connectivity index (χ3n) is 5.54. The molecule has 0 atom stereocenters. The van der Waals surface area contributed by atoms with Gasteiger partial charge in [-0.3, -0.25) is 9.36 Å². The third-order valence-corrected chi connectivity index (χ3v) is 5.54. The largest absolute Gasteiger partial charge is 0.307 e. The molecule has 4 aromatic rings. The van der Waals surface area contributed by atoms with Crippen LogP contribution in [0.3, 0.4) is 0 Å². The summed E-state index contributed by atoms with van der Waals surface area (Å²) in [5.41, 5.74) is 7.94. The smallest absolute Gasteiger partial charge is 0.228 e. The van der Waals surface area contributed by atoms with Gasteiger partial charge in [-0.25, -0.2) is 9.97 Å². The number of fused-ring (bicyclic) bond motifs is 3. The Morgan fingerprint density at radius 1 is 1.03 bits per heavy atom. The number of hydrogen-bond acceptors (Lipinski definition) is 5. The number of benzene rings is 1. The van der Waals surface area contributed by atoms with E-state index in [0.29, 0.717) is 5.95 Å². The molecule has 1 N–H and O–H groups in total. The van der Waals surface area contributed by atoms with Gasteiger partial charge in [-0.1, -0.05) is 30.3 Å². The Morgan fingerprint density at radius 2 is 1.86 bits per heavy atom. The number of rotatable bonds is 4. The molecule has 0 saturated heterocycles. The highest BCUT2D eigenvalue weighted by atomic mass is 15.3. The molecule has 1 aliphatic carbocycles. The second-order valence-corrected chi connectivity index (χ2v) is 7.54. The standard InChI is InChI=1S/C22H23N7/c1-14-11-19(27-28(14)2)24-22-23-13-16-9-10-17-20(21(16)25-22)18(29(3)26-17)12-15-7-5-4-6-8-15/h4-8,11,13H,9-10,12H2,1-3H3,(H,23,24,25,27). The Hall–Kier alpha value is -3.48. The number of nitrogens with one attached hydrogen (secondary N) is 1. The van der Waals surface area contributed by atoms with Crippen molar-refractivity contribution in [1.82, 2.24) is 29.5 Å². The molecule has 0 radical (unpaired) electrons. The summed E-state index contributed by atoms with van der Waals surface area (Å²) in [4.78, 5) is 9.40. The molecule has 0 amide bonds. The average molecular weight is 385 g/mol. The van der Waals surface area contributed by atoms with E-state index in [9.17, 15) is 0 Å². The van der Waals surface area contributed by atoms with E-state index in [4.69, 9.17) is 10.1 Å². The topological polar surface area (TPSA) is 73.5 Å². The van der Waals surface area contributed by atoms with Crippen molar-refractivity contribution in [2.45, 2.75) is 26.2 Å². The summed E-state index contributed by atoms with van der Waals surface area (Å²) < 4.78 is 3.84. The van der Waals surface area contributed by atoms with E-state index in [1.807, 2.05) is 48.7 Å². The molecular weight excluding hydrogens is 362 g/mol. The van der Waals surface area contributed by atoms with E-state index in [1.165, 1.54) is 16.8 Å².